The predicted octanol–water partition coefficient (Wildman–Crippen LogP) is 2.53. The van der Waals surface area contributed by atoms with Crippen molar-refractivity contribution in [3.05, 3.63) is 60.2 Å². The summed E-state index contributed by atoms with van der Waals surface area (Å²) in [4.78, 5) is 14.2. The Hall–Kier alpha value is -1.83. The van der Waals surface area contributed by atoms with E-state index in [1.165, 1.54) is 5.56 Å². The van der Waals surface area contributed by atoms with Crippen LogP contribution in [0.2, 0.25) is 0 Å². The number of allylic oxidation sites excluding steroid dienone is 2. The van der Waals surface area contributed by atoms with Gasteiger partial charge < -0.3 is 4.90 Å². The molecule has 0 unspecified atom stereocenters. The lowest BCUT2D eigenvalue weighted by molar-refractivity contribution is -0.131. The minimum Gasteiger partial charge on any atom is -0.331 e. The van der Waals surface area contributed by atoms with Gasteiger partial charge in [0.15, 0.2) is 0 Å². The molecule has 0 spiro atoms. The maximum Gasteiger partial charge on any atom is 0.230 e. The first kappa shape index (κ1) is 10.3. The molecule has 1 aliphatic heterocycles. The second-order valence-corrected chi connectivity index (χ2v) is 4.63. The zero-order valence-corrected chi connectivity index (χ0v) is 9.62. The van der Waals surface area contributed by atoms with E-state index in [1.54, 1.807) is 0 Å². The van der Waals surface area contributed by atoms with Crippen LogP contribution in [0.3, 0.4) is 0 Å². The van der Waals surface area contributed by atoms with Crippen molar-refractivity contribution in [1.29, 1.82) is 0 Å². The smallest absolute Gasteiger partial charge is 0.230 e. The fourth-order valence-corrected chi connectivity index (χ4v) is 2.57. The van der Waals surface area contributed by atoms with Crippen LogP contribution in [0.15, 0.2) is 54.6 Å². The van der Waals surface area contributed by atoms with Gasteiger partial charge in [-0.3, -0.25) is 4.79 Å². The summed E-state index contributed by atoms with van der Waals surface area (Å²) < 4.78 is 0. The maximum atomic E-state index is 12.2. The molecule has 2 atom stereocenters. The van der Waals surface area contributed by atoms with Crippen LogP contribution in [0.1, 0.15) is 12.0 Å². The number of hydrogen-bond donors (Lipinski definition) is 0. The first-order valence-electron chi connectivity index (χ1n) is 6.04. The molecule has 0 radical (unpaired) electrons. The fraction of sp³-hybridized carbons (Fsp3) is 0.267. The molecule has 1 amide bonds. The molecule has 2 bridgehead atoms. The number of rotatable bonds is 2. The highest BCUT2D eigenvalue weighted by atomic mass is 16.2. The van der Waals surface area contributed by atoms with Gasteiger partial charge in [-0.25, -0.2) is 0 Å². The summed E-state index contributed by atoms with van der Waals surface area (Å²) in [5.41, 5.74) is 1.20. The number of nitrogens with zero attached hydrogens (tertiary/aromatic N) is 1. The normalized spacial score (nSPS) is 26.4. The SMILES string of the molecule is O=C1[C@@H]2C=CC=C[C@@H](C2)N1Cc1ccccc1. The largest absolute Gasteiger partial charge is 0.331 e. The highest BCUT2D eigenvalue weighted by Crippen LogP contribution is 2.30. The molecule has 17 heavy (non-hydrogen) atoms. The van der Waals surface area contributed by atoms with Crippen LogP contribution in [-0.2, 0) is 11.3 Å². The third-order valence-corrected chi connectivity index (χ3v) is 3.48. The molecule has 2 aliphatic rings. The Bertz CT molecular complexity index is 475. The summed E-state index contributed by atoms with van der Waals surface area (Å²) in [6.45, 7) is 0.721. The number of amides is 1. The highest BCUT2D eigenvalue weighted by Gasteiger charge is 2.37. The van der Waals surface area contributed by atoms with Gasteiger partial charge in [0.05, 0.1) is 12.0 Å². The van der Waals surface area contributed by atoms with Crippen LogP contribution in [-0.4, -0.2) is 16.8 Å². The van der Waals surface area contributed by atoms with Crippen molar-refractivity contribution >= 4 is 5.91 Å². The van der Waals surface area contributed by atoms with E-state index < -0.39 is 0 Å². The van der Waals surface area contributed by atoms with E-state index in [1.807, 2.05) is 35.3 Å². The molecule has 2 heteroatoms. The maximum absolute atomic E-state index is 12.2. The molecule has 0 aromatic heterocycles. The molecule has 1 fully saturated rings. The number of carbonyl (C=O) groups excluding carboxylic acids is 1. The Morgan fingerprint density at radius 1 is 1.12 bits per heavy atom. The summed E-state index contributed by atoms with van der Waals surface area (Å²) >= 11 is 0. The van der Waals surface area contributed by atoms with E-state index in [0.29, 0.717) is 0 Å². The van der Waals surface area contributed by atoms with E-state index in [0.717, 1.165) is 13.0 Å². The fourth-order valence-electron chi connectivity index (χ4n) is 2.57. The van der Waals surface area contributed by atoms with Crippen molar-refractivity contribution in [2.75, 3.05) is 0 Å². The minimum absolute atomic E-state index is 0.0821. The molecule has 1 saturated heterocycles. The van der Waals surface area contributed by atoms with Crippen molar-refractivity contribution in [3.63, 3.8) is 0 Å². The molecular formula is C15H15NO. The summed E-state index contributed by atoms with van der Waals surface area (Å²) in [6.07, 6.45) is 9.12. The summed E-state index contributed by atoms with van der Waals surface area (Å²) in [5.74, 6) is 0.346. The third-order valence-electron chi connectivity index (χ3n) is 3.48. The van der Waals surface area contributed by atoms with Crippen LogP contribution < -0.4 is 0 Å². The average molecular weight is 225 g/mol. The lowest BCUT2D eigenvalue weighted by Crippen LogP contribution is -2.32. The molecule has 1 aromatic rings. The average Bonchev–Trinajstić information content (AvgIpc) is 2.58. The second kappa shape index (κ2) is 4.21. The molecule has 86 valence electrons. The Morgan fingerprint density at radius 3 is 2.71 bits per heavy atom. The standard InChI is InChI=1S/C15H15NO/c17-15-13-8-4-5-9-14(10-13)16(15)11-12-6-2-1-3-7-12/h1-9,13-14H,10-11H2/t13-,14+/m1/s1. The number of fused-ring (bicyclic) bond motifs is 2. The van der Waals surface area contributed by atoms with Gasteiger partial charge in [-0.05, 0) is 12.0 Å². The monoisotopic (exact) mass is 225 g/mol. The lowest BCUT2D eigenvalue weighted by atomic mass is 10.1. The van der Waals surface area contributed by atoms with Gasteiger partial charge in [0.2, 0.25) is 5.91 Å². The zero-order chi connectivity index (χ0) is 11.7. The second-order valence-electron chi connectivity index (χ2n) is 4.63. The Labute approximate surface area is 101 Å². The van der Waals surface area contributed by atoms with Gasteiger partial charge in [0, 0.05) is 6.54 Å². The van der Waals surface area contributed by atoms with Crippen LogP contribution in [0.25, 0.3) is 0 Å². The van der Waals surface area contributed by atoms with Crippen LogP contribution >= 0.6 is 0 Å². The van der Waals surface area contributed by atoms with Crippen molar-refractivity contribution in [2.24, 2.45) is 5.92 Å². The molecule has 0 saturated carbocycles. The van der Waals surface area contributed by atoms with E-state index in [-0.39, 0.29) is 17.9 Å². The van der Waals surface area contributed by atoms with E-state index in [4.69, 9.17) is 0 Å². The van der Waals surface area contributed by atoms with Gasteiger partial charge in [0.1, 0.15) is 0 Å². The molecule has 3 rings (SSSR count). The first-order valence-corrected chi connectivity index (χ1v) is 6.04. The van der Waals surface area contributed by atoms with Crippen molar-refractivity contribution in [3.8, 4) is 0 Å². The topological polar surface area (TPSA) is 20.3 Å². The third kappa shape index (κ3) is 1.91. The van der Waals surface area contributed by atoms with Crippen molar-refractivity contribution in [1.82, 2.24) is 4.90 Å². The van der Waals surface area contributed by atoms with Gasteiger partial charge in [-0.1, -0.05) is 54.6 Å². The zero-order valence-electron chi connectivity index (χ0n) is 9.62. The van der Waals surface area contributed by atoms with Gasteiger partial charge >= 0.3 is 0 Å². The van der Waals surface area contributed by atoms with E-state index in [2.05, 4.69) is 24.3 Å². The lowest BCUT2D eigenvalue weighted by Gasteiger charge is -2.22. The number of benzene rings is 1. The summed E-state index contributed by atoms with van der Waals surface area (Å²) in [6, 6.07) is 10.4. The molecule has 1 aromatic carbocycles. The Morgan fingerprint density at radius 2 is 1.88 bits per heavy atom. The predicted molar refractivity (Wildman–Crippen MR) is 67.2 cm³/mol. The van der Waals surface area contributed by atoms with E-state index >= 15 is 0 Å². The molecular weight excluding hydrogens is 210 g/mol. The van der Waals surface area contributed by atoms with Crippen molar-refractivity contribution in [2.45, 2.75) is 19.0 Å². The first-order chi connectivity index (χ1) is 8.34. The van der Waals surface area contributed by atoms with Gasteiger partial charge in [0.25, 0.3) is 0 Å². The molecule has 2 nitrogen and oxygen atoms in total. The highest BCUT2D eigenvalue weighted by molar-refractivity contribution is 5.84. The van der Waals surface area contributed by atoms with Crippen LogP contribution in [0.5, 0.6) is 0 Å². The Kier molecular flexibility index (Phi) is 2.56. The summed E-state index contributed by atoms with van der Waals surface area (Å²) in [5, 5.41) is 0. The van der Waals surface area contributed by atoms with Crippen LogP contribution in [0, 0.1) is 5.92 Å². The van der Waals surface area contributed by atoms with Crippen LogP contribution in [0.4, 0.5) is 0 Å². The Balaban J connectivity index is 1.82. The minimum atomic E-state index is 0.0821. The quantitative estimate of drug-likeness (QED) is 0.757. The summed E-state index contributed by atoms with van der Waals surface area (Å²) in [7, 11) is 0. The van der Waals surface area contributed by atoms with E-state index in [9.17, 15) is 4.79 Å². The number of likely N-dealkylation sites (tertiary alicyclic amines) is 1. The van der Waals surface area contributed by atoms with Crippen molar-refractivity contribution < 1.29 is 4.79 Å². The molecule has 1 heterocycles. The van der Waals surface area contributed by atoms with Gasteiger partial charge in [-0.15, -0.1) is 0 Å². The molecule has 1 aliphatic carbocycles. The number of hydrogen-bond acceptors (Lipinski definition) is 1. The van der Waals surface area contributed by atoms with Gasteiger partial charge in [-0.2, -0.15) is 0 Å². The number of carbonyl (C=O) groups is 1. The molecule has 0 N–H and O–H groups in total.